The highest BCUT2D eigenvalue weighted by atomic mass is 79.9. The van der Waals surface area contributed by atoms with Gasteiger partial charge in [-0.1, -0.05) is 48.0 Å². The van der Waals surface area contributed by atoms with Crippen molar-refractivity contribution >= 4 is 45.6 Å². The maximum atomic E-state index is 12.2. The number of anilines is 1. The van der Waals surface area contributed by atoms with Crippen molar-refractivity contribution in [3.05, 3.63) is 87.9 Å². The van der Waals surface area contributed by atoms with E-state index in [1.54, 1.807) is 24.3 Å². The zero-order chi connectivity index (χ0) is 25.9. The molecule has 3 amide bonds. The molecule has 3 aromatic carbocycles. The molecule has 0 aliphatic rings. The van der Waals surface area contributed by atoms with Crippen LogP contribution in [-0.2, 0) is 20.9 Å². The average Bonchev–Trinajstić information content (AvgIpc) is 2.87. The van der Waals surface area contributed by atoms with E-state index in [-0.39, 0.29) is 19.1 Å². The Morgan fingerprint density at radius 1 is 1.00 bits per heavy atom. The highest BCUT2D eigenvalue weighted by Crippen LogP contribution is 2.36. The molecule has 0 aliphatic heterocycles. The van der Waals surface area contributed by atoms with Crippen molar-refractivity contribution in [2.45, 2.75) is 13.5 Å². The van der Waals surface area contributed by atoms with Crippen LogP contribution in [-0.4, -0.2) is 37.7 Å². The number of rotatable bonds is 9. The van der Waals surface area contributed by atoms with Crippen molar-refractivity contribution in [3.8, 4) is 11.5 Å². The molecule has 0 saturated carbocycles. The molecule has 0 unspecified atom stereocenters. The number of ether oxygens (including phenoxy) is 2. The molecule has 3 N–H and O–H groups in total. The number of hydrogen-bond donors (Lipinski definition) is 3. The molecule has 0 heterocycles. The molecule has 0 aromatic heterocycles. The van der Waals surface area contributed by atoms with Crippen molar-refractivity contribution in [2.24, 2.45) is 5.10 Å². The summed E-state index contributed by atoms with van der Waals surface area (Å²) in [5.74, 6) is -1.35. The molecule has 0 bridgehead atoms. The van der Waals surface area contributed by atoms with Crippen molar-refractivity contribution < 1.29 is 23.9 Å². The van der Waals surface area contributed by atoms with Crippen molar-refractivity contribution in [2.75, 3.05) is 19.0 Å². The number of aryl methyl sites for hydroxylation is 1. The van der Waals surface area contributed by atoms with E-state index >= 15 is 0 Å². The number of hydrogen-bond acceptors (Lipinski definition) is 6. The molecule has 0 fully saturated rings. The molecule has 0 aliphatic carbocycles. The van der Waals surface area contributed by atoms with Gasteiger partial charge in [0.15, 0.2) is 18.1 Å². The summed E-state index contributed by atoms with van der Waals surface area (Å²) in [6.07, 6.45) is 1.35. The minimum Gasteiger partial charge on any atom is -0.493 e. The van der Waals surface area contributed by atoms with Gasteiger partial charge in [-0.05, 0) is 58.2 Å². The second-order valence-electron chi connectivity index (χ2n) is 7.60. The summed E-state index contributed by atoms with van der Waals surface area (Å²) < 4.78 is 11.5. The Morgan fingerprint density at radius 2 is 1.72 bits per heavy atom. The summed E-state index contributed by atoms with van der Waals surface area (Å²) in [5.41, 5.74) is 5.39. The molecular formula is C26H25BrN4O5. The molecule has 186 valence electrons. The van der Waals surface area contributed by atoms with E-state index in [2.05, 4.69) is 37.1 Å². The molecule has 10 heteroatoms. The van der Waals surface area contributed by atoms with Gasteiger partial charge < -0.3 is 20.1 Å². The fraction of sp³-hybridized carbons (Fsp3) is 0.154. The van der Waals surface area contributed by atoms with E-state index in [1.807, 2.05) is 49.4 Å². The van der Waals surface area contributed by atoms with E-state index in [0.29, 0.717) is 27.2 Å². The van der Waals surface area contributed by atoms with Gasteiger partial charge in [0.05, 0.1) is 17.8 Å². The van der Waals surface area contributed by atoms with Gasteiger partial charge in [-0.15, -0.1) is 0 Å². The quantitative estimate of drug-likeness (QED) is 0.213. The van der Waals surface area contributed by atoms with Gasteiger partial charge in [-0.25, -0.2) is 5.43 Å². The zero-order valence-corrected chi connectivity index (χ0v) is 21.3. The number of nitrogens with zero attached hydrogens (tertiary/aromatic N) is 1. The monoisotopic (exact) mass is 552 g/mol. The third-order valence-corrected chi connectivity index (χ3v) is 5.41. The van der Waals surface area contributed by atoms with Gasteiger partial charge in [-0.3, -0.25) is 14.4 Å². The fourth-order valence-electron chi connectivity index (χ4n) is 3.00. The number of nitrogens with one attached hydrogen (secondary N) is 3. The van der Waals surface area contributed by atoms with E-state index in [4.69, 9.17) is 9.47 Å². The molecule has 0 spiro atoms. The molecule has 3 rings (SSSR count). The molecule has 36 heavy (non-hydrogen) atoms. The summed E-state index contributed by atoms with van der Waals surface area (Å²) in [7, 11) is 1.46. The summed E-state index contributed by atoms with van der Waals surface area (Å²) in [6, 6.07) is 19.9. The lowest BCUT2D eigenvalue weighted by Crippen LogP contribution is -2.37. The number of para-hydroxylation sites is 1. The Hall–Kier alpha value is -4.18. The predicted molar refractivity (Wildman–Crippen MR) is 140 cm³/mol. The normalized spacial score (nSPS) is 10.5. The molecule has 0 atom stereocenters. The number of methoxy groups -OCH3 is 1. The molecule has 9 nitrogen and oxygen atoms in total. The van der Waals surface area contributed by atoms with Crippen molar-refractivity contribution in [1.29, 1.82) is 0 Å². The van der Waals surface area contributed by atoms with Gasteiger partial charge in [0.2, 0.25) is 0 Å². The van der Waals surface area contributed by atoms with Crippen LogP contribution in [0.5, 0.6) is 11.5 Å². The standard InChI is InChI=1S/C26H25BrN4O5/c1-17-8-10-18(11-9-17)14-28-25(33)26(34)31-29-15-19-12-21(27)24(22(13-19)35-2)36-16-23(32)30-20-6-4-3-5-7-20/h3-13,15H,14,16H2,1-2H3,(H,28,33)(H,30,32)(H,31,34)/b29-15-. The zero-order valence-electron chi connectivity index (χ0n) is 19.7. The van der Waals surface area contributed by atoms with Crippen LogP contribution in [0.3, 0.4) is 0 Å². The first-order valence-electron chi connectivity index (χ1n) is 10.9. The van der Waals surface area contributed by atoms with E-state index in [0.717, 1.165) is 11.1 Å². The Morgan fingerprint density at radius 3 is 2.42 bits per heavy atom. The summed E-state index contributed by atoms with van der Waals surface area (Å²) >= 11 is 3.40. The van der Waals surface area contributed by atoms with Gasteiger partial charge in [0, 0.05) is 12.2 Å². The van der Waals surface area contributed by atoms with Crippen LogP contribution in [0.2, 0.25) is 0 Å². The number of amides is 3. The van der Waals surface area contributed by atoms with Crippen molar-refractivity contribution in [3.63, 3.8) is 0 Å². The lowest BCUT2D eigenvalue weighted by molar-refractivity contribution is -0.139. The Labute approximate surface area is 217 Å². The minimum atomic E-state index is -0.895. The van der Waals surface area contributed by atoms with E-state index in [9.17, 15) is 14.4 Å². The smallest absolute Gasteiger partial charge is 0.329 e. The lowest BCUT2D eigenvalue weighted by Gasteiger charge is -2.13. The third-order valence-electron chi connectivity index (χ3n) is 4.82. The second kappa shape index (κ2) is 13.1. The van der Waals surface area contributed by atoms with Crippen LogP contribution in [0, 0.1) is 6.92 Å². The van der Waals surface area contributed by atoms with Crippen LogP contribution in [0.4, 0.5) is 5.69 Å². The van der Waals surface area contributed by atoms with Crippen LogP contribution in [0.25, 0.3) is 0 Å². The third kappa shape index (κ3) is 7.95. The van der Waals surface area contributed by atoms with E-state index < -0.39 is 11.8 Å². The minimum absolute atomic E-state index is 0.227. The van der Waals surface area contributed by atoms with Crippen LogP contribution in [0.1, 0.15) is 16.7 Å². The number of hydrazone groups is 1. The Balaban J connectivity index is 1.53. The number of benzene rings is 3. The Kier molecular flexibility index (Phi) is 9.58. The SMILES string of the molecule is COc1cc(/C=N\NC(=O)C(=O)NCc2ccc(C)cc2)cc(Br)c1OCC(=O)Nc1ccccc1. The molecule has 0 saturated heterocycles. The maximum absolute atomic E-state index is 12.2. The fourth-order valence-corrected chi connectivity index (χ4v) is 3.57. The van der Waals surface area contributed by atoms with Crippen LogP contribution < -0.4 is 25.5 Å². The number of carbonyl (C=O) groups excluding carboxylic acids is 3. The van der Waals surface area contributed by atoms with Gasteiger partial charge >= 0.3 is 11.8 Å². The predicted octanol–water partition coefficient (Wildman–Crippen LogP) is 3.55. The van der Waals surface area contributed by atoms with Gasteiger partial charge in [0.25, 0.3) is 5.91 Å². The lowest BCUT2D eigenvalue weighted by atomic mass is 10.1. The topological polar surface area (TPSA) is 118 Å². The molecule has 0 radical (unpaired) electrons. The Bertz CT molecular complexity index is 1250. The summed E-state index contributed by atoms with van der Waals surface area (Å²) in [5, 5.41) is 9.10. The first kappa shape index (κ1) is 26.4. The molecule has 3 aromatic rings. The number of halogens is 1. The summed E-state index contributed by atoms with van der Waals surface area (Å²) in [6.45, 7) is 1.96. The van der Waals surface area contributed by atoms with Crippen molar-refractivity contribution in [1.82, 2.24) is 10.7 Å². The van der Waals surface area contributed by atoms with E-state index in [1.165, 1.54) is 13.3 Å². The summed E-state index contributed by atoms with van der Waals surface area (Å²) in [4.78, 5) is 36.2. The van der Waals surface area contributed by atoms with Gasteiger partial charge in [0.1, 0.15) is 0 Å². The maximum Gasteiger partial charge on any atom is 0.329 e. The van der Waals surface area contributed by atoms with Crippen LogP contribution in [0.15, 0.2) is 76.3 Å². The highest BCUT2D eigenvalue weighted by molar-refractivity contribution is 9.10. The molecular weight excluding hydrogens is 528 g/mol. The average molecular weight is 553 g/mol. The first-order valence-corrected chi connectivity index (χ1v) is 11.7. The van der Waals surface area contributed by atoms with Crippen LogP contribution >= 0.6 is 15.9 Å². The largest absolute Gasteiger partial charge is 0.493 e. The highest BCUT2D eigenvalue weighted by Gasteiger charge is 2.14. The number of carbonyl (C=O) groups is 3. The van der Waals surface area contributed by atoms with Gasteiger partial charge in [-0.2, -0.15) is 5.10 Å². The second-order valence-corrected chi connectivity index (χ2v) is 8.46. The first-order chi connectivity index (χ1) is 17.4.